The van der Waals surface area contributed by atoms with Crippen LogP contribution in [0.15, 0.2) is 36.4 Å². The van der Waals surface area contributed by atoms with Crippen molar-refractivity contribution in [2.24, 2.45) is 0 Å². The summed E-state index contributed by atoms with van der Waals surface area (Å²) >= 11 is 0. The van der Waals surface area contributed by atoms with Gasteiger partial charge in [-0.05, 0) is 35.7 Å². The molecule has 1 N–H and O–H groups in total. The van der Waals surface area contributed by atoms with E-state index in [4.69, 9.17) is 9.47 Å². The largest absolute Gasteiger partial charge is 0.496 e. The number of aryl methyl sites for hydroxylation is 1. The molecule has 0 aliphatic heterocycles. The highest BCUT2D eigenvalue weighted by Gasteiger charge is 2.18. The van der Waals surface area contributed by atoms with Crippen LogP contribution in [0.4, 0.5) is 0 Å². The predicted molar refractivity (Wildman–Crippen MR) is 80.4 cm³/mol. The van der Waals surface area contributed by atoms with Crippen molar-refractivity contribution in [2.45, 2.75) is 13.5 Å². The maximum absolute atomic E-state index is 12.0. The molecule has 0 saturated carbocycles. The molecule has 0 saturated heterocycles. The highest BCUT2D eigenvalue weighted by atomic mass is 16.5. The van der Waals surface area contributed by atoms with Crippen LogP contribution >= 0.6 is 0 Å². The summed E-state index contributed by atoms with van der Waals surface area (Å²) < 4.78 is 10.1. The first kappa shape index (κ1) is 15.1. The van der Waals surface area contributed by atoms with Gasteiger partial charge in [0, 0.05) is 5.56 Å². The lowest BCUT2D eigenvalue weighted by Crippen LogP contribution is -2.06. The van der Waals surface area contributed by atoms with Crippen LogP contribution in [0.1, 0.15) is 21.5 Å². The quantitative estimate of drug-likeness (QED) is 0.878. The third-order valence-electron chi connectivity index (χ3n) is 3.43. The van der Waals surface area contributed by atoms with Gasteiger partial charge < -0.3 is 14.6 Å². The molecule has 110 valence electrons. The van der Waals surface area contributed by atoms with Crippen LogP contribution in [0.5, 0.6) is 5.75 Å². The number of hydrogen-bond donors (Lipinski definition) is 1. The van der Waals surface area contributed by atoms with E-state index in [9.17, 15) is 9.90 Å². The fourth-order valence-electron chi connectivity index (χ4n) is 2.32. The van der Waals surface area contributed by atoms with Crippen LogP contribution < -0.4 is 4.74 Å². The van der Waals surface area contributed by atoms with Crippen LogP contribution in [0, 0.1) is 6.92 Å². The zero-order valence-corrected chi connectivity index (χ0v) is 12.3. The number of esters is 1. The molecule has 0 heterocycles. The number of rotatable bonds is 4. The molecule has 21 heavy (non-hydrogen) atoms. The van der Waals surface area contributed by atoms with Crippen LogP contribution in [0.3, 0.4) is 0 Å². The van der Waals surface area contributed by atoms with Gasteiger partial charge >= 0.3 is 5.97 Å². The molecule has 0 fully saturated rings. The lowest BCUT2D eigenvalue weighted by Gasteiger charge is -2.15. The van der Waals surface area contributed by atoms with Gasteiger partial charge in [0.05, 0.1) is 26.4 Å². The molecule has 2 aromatic carbocycles. The molecule has 0 aromatic heterocycles. The summed E-state index contributed by atoms with van der Waals surface area (Å²) in [6.45, 7) is 1.81. The van der Waals surface area contributed by atoms with Crippen LogP contribution in [0.2, 0.25) is 0 Å². The standard InChI is InChI=1S/C17H18O4/c1-11-6-4-5-7-13(11)14-8-12(10-18)16(20-2)9-15(14)17(19)21-3/h4-9,18H,10H2,1-3H3. The fraction of sp³-hybridized carbons (Fsp3) is 0.235. The Morgan fingerprint density at radius 2 is 1.86 bits per heavy atom. The molecular formula is C17H18O4. The Morgan fingerprint density at radius 1 is 1.14 bits per heavy atom. The minimum Gasteiger partial charge on any atom is -0.496 e. The number of methoxy groups -OCH3 is 2. The molecule has 0 amide bonds. The Labute approximate surface area is 123 Å². The van der Waals surface area contributed by atoms with Crippen molar-refractivity contribution >= 4 is 5.97 Å². The van der Waals surface area contributed by atoms with Gasteiger partial charge in [0.25, 0.3) is 0 Å². The van der Waals surface area contributed by atoms with Gasteiger partial charge in [-0.2, -0.15) is 0 Å². The zero-order valence-electron chi connectivity index (χ0n) is 12.3. The molecule has 0 atom stereocenters. The first-order valence-electron chi connectivity index (χ1n) is 6.58. The molecule has 0 unspecified atom stereocenters. The number of aliphatic hydroxyl groups is 1. The van der Waals surface area contributed by atoms with E-state index in [2.05, 4.69) is 0 Å². The molecule has 2 rings (SSSR count). The van der Waals surface area contributed by atoms with Crippen LogP contribution in [-0.4, -0.2) is 25.3 Å². The summed E-state index contributed by atoms with van der Waals surface area (Å²) in [6.07, 6.45) is 0. The Hall–Kier alpha value is -2.33. The summed E-state index contributed by atoms with van der Waals surface area (Å²) in [6, 6.07) is 11.1. The number of benzene rings is 2. The van der Waals surface area contributed by atoms with Gasteiger partial charge in [-0.15, -0.1) is 0 Å². The van der Waals surface area contributed by atoms with Gasteiger partial charge in [0.1, 0.15) is 5.75 Å². The fourth-order valence-corrected chi connectivity index (χ4v) is 2.32. The van der Waals surface area contributed by atoms with E-state index < -0.39 is 5.97 Å². The summed E-state index contributed by atoms with van der Waals surface area (Å²) in [4.78, 5) is 12.0. The molecule has 0 radical (unpaired) electrons. The maximum Gasteiger partial charge on any atom is 0.338 e. The Morgan fingerprint density at radius 3 is 2.43 bits per heavy atom. The number of carbonyl (C=O) groups excluding carboxylic acids is 1. The van der Waals surface area contributed by atoms with Crippen molar-refractivity contribution in [2.75, 3.05) is 14.2 Å². The van der Waals surface area contributed by atoms with Crippen molar-refractivity contribution in [3.8, 4) is 16.9 Å². The number of ether oxygens (including phenoxy) is 2. The van der Waals surface area contributed by atoms with Crippen molar-refractivity contribution in [3.05, 3.63) is 53.1 Å². The second-order valence-corrected chi connectivity index (χ2v) is 4.67. The molecule has 2 aromatic rings. The third-order valence-corrected chi connectivity index (χ3v) is 3.43. The average molecular weight is 286 g/mol. The summed E-state index contributed by atoms with van der Waals surface area (Å²) in [5, 5.41) is 9.48. The molecular weight excluding hydrogens is 268 g/mol. The van der Waals surface area contributed by atoms with Crippen molar-refractivity contribution in [1.82, 2.24) is 0 Å². The first-order valence-corrected chi connectivity index (χ1v) is 6.58. The molecule has 0 bridgehead atoms. The molecule has 0 aliphatic rings. The Bertz CT molecular complexity index is 662. The highest BCUT2D eigenvalue weighted by Crippen LogP contribution is 2.33. The van der Waals surface area contributed by atoms with Crippen molar-refractivity contribution in [1.29, 1.82) is 0 Å². The van der Waals surface area contributed by atoms with Crippen molar-refractivity contribution < 1.29 is 19.4 Å². The van der Waals surface area contributed by atoms with E-state index in [-0.39, 0.29) is 6.61 Å². The predicted octanol–water partition coefficient (Wildman–Crippen LogP) is 2.95. The summed E-state index contributed by atoms with van der Waals surface area (Å²) in [5.74, 6) is 0.0336. The lowest BCUT2D eigenvalue weighted by molar-refractivity contribution is 0.0601. The van der Waals surface area contributed by atoms with Gasteiger partial charge in [-0.25, -0.2) is 4.79 Å². The monoisotopic (exact) mass is 286 g/mol. The molecule has 4 heteroatoms. The topological polar surface area (TPSA) is 55.8 Å². The van der Waals surface area contributed by atoms with Crippen molar-refractivity contribution in [3.63, 3.8) is 0 Å². The number of aliphatic hydroxyl groups excluding tert-OH is 1. The third kappa shape index (κ3) is 2.90. The second kappa shape index (κ2) is 6.41. The van der Waals surface area contributed by atoms with E-state index in [0.29, 0.717) is 16.9 Å². The molecule has 4 nitrogen and oxygen atoms in total. The van der Waals surface area contributed by atoms with E-state index in [1.54, 1.807) is 12.1 Å². The minimum absolute atomic E-state index is 0.163. The maximum atomic E-state index is 12.0. The van der Waals surface area contributed by atoms with E-state index in [1.165, 1.54) is 14.2 Å². The van der Waals surface area contributed by atoms with Gasteiger partial charge in [-0.3, -0.25) is 0 Å². The number of hydrogen-bond acceptors (Lipinski definition) is 4. The SMILES string of the molecule is COC(=O)c1cc(OC)c(CO)cc1-c1ccccc1C. The normalized spacial score (nSPS) is 10.3. The van der Waals surface area contributed by atoms with Gasteiger partial charge in [0.15, 0.2) is 0 Å². The van der Waals surface area contributed by atoms with E-state index in [0.717, 1.165) is 16.7 Å². The van der Waals surface area contributed by atoms with Gasteiger partial charge in [-0.1, -0.05) is 24.3 Å². The lowest BCUT2D eigenvalue weighted by atomic mass is 9.93. The first-order chi connectivity index (χ1) is 10.1. The van der Waals surface area contributed by atoms with Gasteiger partial charge in [0.2, 0.25) is 0 Å². The second-order valence-electron chi connectivity index (χ2n) is 4.67. The van der Waals surface area contributed by atoms with E-state index in [1.807, 2.05) is 31.2 Å². The Kier molecular flexibility index (Phi) is 4.60. The van der Waals surface area contributed by atoms with Crippen LogP contribution in [0.25, 0.3) is 11.1 Å². The van der Waals surface area contributed by atoms with E-state index >= 15 is 0 Å². The summed E-state index contributed by atoms with van der Waals surface area (Å²) in [5.41, 5.74) is 3.74. The molecule has 0 aliphatic carbocycles. The molecule has 0 spiro atoms. The number of carbonyl (C=O) groups is 1. The minimum atomic E-state index is -0.434. The Balaban J connectivity index is 2.73. The average Bonchev–Trinajstić information content (AvgIpc) is 2.53. The highest BCUT2D eigenvalue weighted by molar-refractivity contribution is 5.98. The van der Waals surface area contributed by atoms with Crippen LogP contribution in [-0.2, 0) is 11.3 Å². The smallest absolute Gasteiger partial charge is 0.338 e. The summed E-state index contributed by atoms with van der Waals surface area (Å²) in [7, 11) is 2.85. The zero-order chi connectivity index (χ0) is 15.4.